The van der Waals surface area contributed by atoms with Crippen LogP contribution in [0.1, 0.15) is 36.0 Å². The summed E-state index contributed by atoms with van der Waals surface area (Å²) in [5.41, 5.74) is 6.60. The normalized spacial score (nSPS) is 14.7. The van der Waals surface area contributed by atoms with E-state index in [0.29, 0.717) is 36.7 Å². The lowest BCUT2D eigenvalue weighted by Gasteiger charge is -2.34. The molecule has 9 nitrogen and oxygen atoms in total. The number of ether oxygens (including phenoxy) is 1. The average Bonchev–Trinajstić information content (AvgIpc) is 4.05. The van der Waals surface area contributed by atoms with Gasteiger partial charge in [-0.25, -0.2) is 9.69 Å². The summed E-state index contributed by atoms with van der Waals surface area (Å²) in [5.74, 6) is -0.137. The molecule has 2 fully saturated rings. The third-order valence-electron chi connectivity index (χ3n) is 9.93. The minimum absolute atomic E-state index is 0.0277. The second-order valence-electron chi connectivity index (χ2n) is 13.9. The molecule has 276 valence electrons. The highest BCUT2D eigenvalue weighted by Gasteiger charge is 2.29. The van der Waals surface area contributed by atoms with E-state index in [1.165, 1.54) is 0 Å². The molecule has 2 aliphatic rings. The van der Waals surface area contributed by atoms with E-state index in [4.69, 9.17) is 4.74 Å². The van der Waals surface area contributed by atoms with Crippen molar-refractivity contribution in [3.63, 3.8) is 0 Å². The number of para-hydroxylation sites is 2. The quantitative estimate of drug-likeness (QED) is 0.0746. The van der Waals surface area contributed by atoms with Gasteiger partial charge in [-0.2, -0.15) is 0 Å². The van der Waals surface area contributed by atoms with Gasteiger partial charge in [0, 0.05) is 54.6 Å². The topological polar surface area (TPSA) is 103 Å². The van der Waals surface area contributed by atoms with E-state index >= 15 is 0 Å². The summed E-state index contributed by atoms with van der Waals surface area (Å²) in [5, 5.41) is 9.35. The van der Waals surface area contributed by atoms with Gasteiger partial charge in [-0.15, -0.1) is 0 Å². The van der Waals surface area contributed by atoms with Crippen LogP contribution in [0.25, 0.3) is 22.3 Å². The van der Waals surface area contributed by atoms with Crippen LogP contribution in [-0.2, 0) is 9.53 Å². The molecule has 0 atom stereocenters. The molecule has 1 aliphatic heterocycles. The number of carbonyl (C=O) groups excluding carboxylic acids is 3. The van der Waals surface area contributed by atoms with Crippen molar-refractivity contribution in [3.8, 4) is 22.3 Å². The van der Waals surface area contributed by atoms with Crippen LogP contribution in [0.3, 0.4) is 0 Å². The number of benzene rings is 5. The Morgan fingerprint density at radius 3 is 1.87 bits per heavy atom. The smallest absolute Gasteiger partial charge is 0.419 e. The maximum Gasteiger partial charge on any atom is 0.419 e. The fourth-order valence-corrected chi connectivity index (χ4v) is 6.87. The number of carbonyl (C=O) groups is 3. The van der Waals surface area contributed by atoms with Crippen molar-refractivity contribution in [2.24, 2.45) is 0 Å². The van der Waals surface area contributed by atoms with Gasteiger partial charge < -0.3 is 25.6 Å². The van der Waals surface area contributed by atoms with Gasteiger partial charge in [0.05, 0.1) is 24.5 Å². The number of nitrogens with one attached hydrogen (secondary N) is 3. The first-order valence-electron chi connectivity index (χ1n) is 18.9. The first-order valence-corrected chi connectivity index (χ1v) is 18.9. The maximum atomic E-state index is 14.4. The number of nitrogens with zero attached hydrogens (tertiary/aromatic N) is 2. The third-order valence-corrected chi connectivity index (χ3v) is 9.93. The largest absolute Gasteiger partial charge is 0.445 e. The first kappa shape index (κ1) is 36.7. The number of rotatable bonds is 15. The maximum absolute atomic E-state index is 14.4. The molecule has 0 spiro atoms. The van der Waals surface area contributed by atoms with E-state index in [2.05, 4.69) is 45.1 Å². The average molecular weight is 722 g/mol. The van der Waals surface area contributed by atoms with E-state index in [9.17, 15) is 14.4 Å². The van der Waals surface area contributed by atoms with Crippen LogP contribution in [0, 0.1) is 0 Å². The molecular formula is C45H47N5O4. The van der Waals surface area contributed by atoms with Crippen molar-refractivity contribution in [1.29, 1.82) is 0 Å². The summed E-state index contributed by atoms with van der Waals surface area (Å²) in [6.07, 6.45) is 3.04. The Balaban J connectivity index is 0.949. The van der Waals surface area contributed by atoms with E-state index in [1.807, 2.05) is 84.9 Å². The minimum Gasteiger partial charge on any atom is -0.445 e. The molecule has 1 saturated carbocycles. The Morgan fingerprint density at radius 2 is 1.26 bits per heavy atom. The van der Waals surface area contributed by atoms with Crippen molar-refractivity contribution >= 4 is 34.8 Å². The molecule has 2 amide bonds. The van der Waals surface area contributed by atoms with Crippen LogP contribution < -0.4 is 20.9 Å². The number of amides is 2. The Kier molecular flexibility index (Phi) is 12.2. The zero-order valence-electron chi connectivity index (χ0n) is 30.5. The standard InChI is InChI=1S/C45H47N5O4/c51-43(35-16-11-17-37(30-35)48-44(52)32-47-36-22-23-36)31-46-26-29-49-27-24-38(25-28-49)54-45(53)50(41-20-9-7-18-39(41)33-12-3-1-4-13-33)42-21-10-8-19-40(42)34-14-5-2-6-15-34/h1-21,30,36,38,46-47H,22-29,31-32H2,(H,48,52). The predicted molar refractivity (Wildman–Crippen MR) is 215 cm³/mol. The molecule has 3 N–H and O–H groups in total. The SMILES string of the molecule is O=C(CNC1CC1)Nc1cccc(C(=O)CNCCN2CCC(OC(=O)N(c3ccccc3-c3ccccc3)c3ccccc3-c3ccccc3)CC2)c1. The molecule has 1 aliphatic carbocycles. The van der Waals surface area contributed by atoms with Gasteiger partial charge in [-0.05, 0) is 61.1 Å². The monoisotopic (exact) mass is 721 g/mol. The van der Waals surface area contributed by atoms with Crippen LogP contribution in [0.4, 0.5) is 21.9 Å². The highest BCUT2D eigenvalue weighted by molar-refractivity contribution is 6.04. The highest BCUT2D eigenvalue weighted by atomic mass is 16.6. The zero-order chi connectivity index (χ0) is 37.1. The Hall–Kier alpha value is -5.61. The number of hydrogen-bond donors (Lipinski definition) is 3. The van der Waals surface area contributed by atoms with Gasteiger partial charge in [0.15, 0.2) is 5.78 Å². The van der Waals surface area contributed by atoms with Gasteiger partial charge in [-0.3, -0.25) is 9.59 Å². The van der Waals surface area contributed by atoms with Crippen molar-refractivity contribution in [2.45, 2.75) is 37.8 Å². The summed E-state index contributed by atoms with van der Waals surface area (Å²) in [4.78, 5) is 43.6. The van der Waals surface area contributed by atoms with Crippen molar-refractivity contribution in [1.82, 2.24) is 15.5 Å². The fourth-order valence-electron chi connectivity index (χ4n) is 6.87. The Labute approximate surface area is 317 Å². The van der Waals surface area contributed by atoms with E-state index < -0.39 is 6.09 Å². The number of hydrogen-bond acceptors (Lipinski definition) is 7. The number of ketones is 1. The predicted octanol–water partition coefficient (Wildman–Crippen LogP) is 7.92. The highest BCUT2D eigenvalue weighted by Crippen LogP contribution is 2.40. The Bertz CT molecular complexity index is 1940. The molecule has 1 heterocycles. The summed E-state index contributed by atoms with van der Waals surface area (Å²) in [6, 6.07) is 43.7. The molecular weight excluding hydrogens is 675 g/mol. The van der Waals surface area contributed by atoms with Crippen LogP contribution in [0.2, 0.25) is 0 Å². The lowest BCUT2D eigenvalue weighted by atomic mass is 10.00. The van der Waals surface area contributed by atoms with Crippen molar-refractivity contribution in [2.75, 3.05) is 49.5 Å². The van der Waals surface area contributed by atoms with E-state index in [0.717, 1.165) is 66.1 Å². The molecule has 7 rings (SSSR count). The summed E-state index contributed by atoms with van der Waals surface area (Å²) < 4.78 is 6.33. The van der Waals surface area contributed by atoms with Gasteiger partial charge in [-0.1, -0.05) is 109 Å². The summed E-state index contributed by atoms with van der Waals surface area (Å²) in [7, 11) is 0. The number of piperidine rings is 1. The fraction of sp³-hybridized carbons (Fsp3) is 0.267. The van der Waals surface area contributed by atoms with Crippen LogP contribution in [-0.4, -0.2) is 74.1 Å². The number of Topliss-reactive ketones (excluding diaryl/α,β-unsaturated/α-hetero) is 1. The summed E-state index contributed by atoms with van der Waals surface area (Å²) in [6.45, 7) is 3.48. The second kappa shape index (κ2) is 17.9. The summed E-state index contributed by atoms with van der Waals surface area (Å²) >= 11 is 0. The molecule has 5 aromatic carbocycles. The van der Waals surface area contributed by atoms with Crippen LogP contribution in [0.15, 0.2) is 133 Å². The zero-order valence-corrected chi connectivity index (χ0v) is 30.5. The Morgan fingerprint density at radius 1 is 0.667 bits per heavy atom. The molecule has 54 heavy (non-hydrogen) atoms. The molecule has 1 saturated heterocycles. The molecule has 0 bridgehead atoms. The molecule has 0 unspecified atom stereocenters. The lowest BCUT2D eigenvalue weighted by Crippen LogP contribution is -2.42. The van der Waals surface area contributed by atoms with Gasteiger partial charge in [0.2, 0.25) is 5.91 Å². The second-order valence-corrected chi connectivity index (χ2v) is 13.9. The number of anilines is 3. The number of likely N-dealkylation sites (tertiary alicyclic amines) is 1. The molecule has 0 aromatic heterocycles. The third kappa shape index (κ3) is 9.68. The van der Waals surface area contributed by atoms with Crippen molar-refractivity contribution < 1.29 is 19.1 Å². The van der Waals surface area contributed by atoms with Gasteiger partial charge in [0.1, 0.15) is 6.10 Å². The molecule has 9 heteroatoms. The first-order chi connectivity index (χ1) is 26.5. The van der Waals surface area contributed by atoms with Crippen LogP contribution >= 0.6 is 0 Å². The molecule has 0 radical (unpaired) electrons. The van der Waals surface area contributed by atoms with E-state index in [1.54, 1.807) is 29.2 Å². The van der Waals surface area contributed by atoms with E-state index in [-0.39, 0.29) is 30.9 Å². The van der Waals surface area contributed by atoms with Crippen LogP contribution in [0.5, 0.6) is 0 Å². The van der Waals surface area contributed by atoms with Crippen molar-refractivity contribution in [3.05, 3.63) is 139 Å². The van der Waals surface area contributed by atoms with Gasteiger partial charge >= 0.3 is 6.09 Å². The van der Waals surface area contributed by atoms with Gasteiger partial charge in [0.25, 0.3) is 0 Å². The minimum atomic E-state index is -0.404. The molecule has 5 aromatic rings. The lowest BCUT2D eigenvalue weighted by molar-refractivity contribution is -0.115.